The topological polar surface area (TPSA) is 81.1 Å². The predicted molar refractivity (Wildman–Crippen MR) is 101 cm³/mol. The van der Waals surface area contributed by atoms with E-state index in [0.29, 0.717) is 20.9 Å². The van der Waals surface area contributed by atoms with E-state index in [4.69, 9.17) is 34.7 Å². The van der Waals surface area contributed by atoms with Crippen LogP contribution in [-0.4, -0.2) is 29.1 Å². The molecule has 2 heterocycles. The molecule has 128 valence electrons. The van der Waals surface area contributed by atoms with Crippen LogP contribution in [0.1, 0.15) is 19.3 Å². The van der Waals surface area contributed by atoms with Gasteiger partial charge in [0.25, 0.3) is 0 Å². The van der Waals surface area contributed by atoms with E-state index >= 15 is 0 Å². The Bertz CT molecular complexity index is 728. The second kappa shape index (κ2) is 7.78. The maximum absolute atomic E-state index is 6.22. The van der Waals surface area contributed by atoms with Gasteiger partial charge in [0.1, 0.15) is 10.8 Å². The van der Waals surface area contributed by atoms with E-state index in [1.807, 2.05) is 12.1 Å². The summed E-state index contributed by atoms with van der Waals surface area (Å²) in [5.74, 6) is 1.19. The van der Waals surface area contributed by atoms with Crippen LogP contribution in [0, 0.1) is 0 Å². The molecule has 5 nitrogen and oxygen atoms in total. The summed E-state index contributed by atoms with van der Waals surface area (Å²) in [6, 6.07) is 5.73. The van der Waals surface area contributed by atoms with Crippen LogP contribution in [0.5, 0.6) is 0 Å². The summed E-state index contributed by atoms with van der Waals surface area (Å²) in [5.41, 5.74) is 12.1. The molecule has 0 bridgehead atoms. The Hall–Kier alpha value is -1.21. The molecule has 1 saturated heterocycles. The summed E-state index contributed by atoms with van der Waals surface area (Å²) in [5, 5.41) is 1.62. The molecule has 0 aliphatic carbocycles. The van der Waals surface area contributed by atoms with Crippen LogP contribution in [0.25, 0.3) is 0 Å². The minimum Gasteiger partial charge on any atom is -0.381 e. The monoisotopic (exact) mass is 383 g/mol. The van der Waals surface area contributed by atoms with Crippen molar-refractivity contribution in [2.75, 3.05) is 23.7 Å². The maximum atomic E-state index is 6.22. The van der Waals surface area contributed by atoms with Crippen LogP contribution in [0.4, 0.5) is 11.6 Å². The minimum atomic E-state index is 0.264. The van der Waals surface area contributed by atoms with Gasteiger partial charge in [-0.05, 0) is 31.4 Å². The normalized spacial score (nSPS) is 18.5. The van der Waals surface area contributed by atoms with Crippen molar-refractivity contribution in [3.05, 3.63) is 34.4 Å². The van der Waals surface area contributed by atoms with Crippen LogP contribution in [0.3, 0.4) is 0 Å². The van der Waals surface area contributed by atoms with E-state index in [2.05, 4.69) is 14.9 Å². The number of rotatable bonds is 3. The van der Waals surface area contributed by atoms with Gasteiger partial charge in [0, 0.05) is 24.0 Å². The van der Waals surface area contributed by atoms with E-state index in [-0.39, 0.29) is 6.04 Å². The van der Waals surface area contributed by atoms with Crippen molar-refractivity contribution >= 4 is 46.6 Å². The van der Waals surface area contributed by atoms with Crippen molar-refractivity contribution < 1.29 is 0 Å². The number of nitrogen functional groups attached to an aromatic ring is 1. The lowest BCUT2D eigenvalue weighted by atomic mass is 10.1. The number of halogens is 2. The van der Waals surface area contributed by atoms with E-state index in [1.165, 1.54) is 11.8 Å². The van der Waals surface area contributed by atoms with E-state index in [1.54, 1.807) is 12.3 Å². The lowest BCUT2D eigenvalue weighted by Gasteiger charge is -2.21. The van der Waals surface area contributed by atoms with Gasteiger partial charge in [-0.25, -0.2) is 9.97 Å². The van der Waals surface area contributed by atoms with Gasteiger partial charge in [-0.3, -0.25) is 0 Å². The quantitative estimate of drug-likeness (QED) is 0.837. The highest BCUT2D eigenvalue weighted by Crippen LogP contribution is 2.38. The number of benzene rings is 1. The standard InChI is InChI=1S/C16H19Cl2N5S/c17-11-4-1-5-12(14(11)18)24-16-15(20)22-13(9-21-16)23-7-2-3-10(19)6-8-23/h1,4-5,9-10H,2-3,6-8,19H2,(H2,20,22)/t10-/m0/s1. The molecule has 0 saturated carbocycles. The fraction of sp³-hybridized carbons (Fsp3) is 0.375. The second-order valence-corrected chi connectivity index (χ2v) is 7.57. The summed E-state index contributed by atoms with van der Waals surface area (Å²) >= 11 is 13.6. The molecule has 24 heavy (non-hydrogen) atoms. The highest BCUT2D eigenvalue weighted by atomic mass is 35.5. The van der Waals surface area contributed by atoms with Gasteiger partial charge in [0.15, 0.2) is 5.82 Å². The summed E-state index contributed by atoms with van der Waals surface area (Å²) < 4.78 is 0. The zero-order valence-corrected chi connectivity index (χ0v) is 15.4. The third-order valence-electron chi connectivity index (χ3n) is 3.97. The molecule has 0 radical (unpaired) electrons. The Morgan fingerprint density at radius 1 is 1.21 bits per heavy atom. The molecule has 8 heteroatoms. The molecule has 3 rings (SSSR count). The molecule has 1 aromatic heterocycles. The SMILES string of the molecule is Nc1nc(N2CCC[C@H](N)CC2)cnc1Sc1cccc(Cl)c1Cl. The highest BCUT2D eigenvalue weighted by molar-refractivity contribution is 7.99. The van der Waals surface area contributed by atoms with Gasteiger partial charge in [0.2, 0.25) is 0 Å². The summed E-state index contributed by atoms with van der Waals surface area (Å²) in [7, 11) is 0. The Labute approximate surface area is 155 Å². The summed E-state index contributed by atoms with van der Waals surface area (Å²) in [6.45, 7) is 1.80. The molecule has 4 N–H and O–H groups in total. The molecule has 1 fully saturated rings. The molecule has 1 aliphatic heterocycles. The van der Waals surface area contributed by atoms with Gasteiger partial charge in [-0.2, -0.15) is 0 Å². The molecule has 2 aromatic rings. The fourth-order valence-electron chi connectivity index (χ4n) is 2.63. The molecule has 0 spiro atoms. The summed E-state index contributed by atoms with van der Waals surface area (Å²) in [4.78, 5) is 12.0. The Balaban J connectivity index is 1.78. The Kier molecular flexibility index (Phi) is 5.71. The molecule has 0 unspecified atom stereocenters. The minimum absolute atomic E-state index is 0.264. The van der Waals surface area contributed by atoms with Gasteiger partial charge in [-0.1, -0.05) is 41.0 Å². The van der Waals surface area contributed by atoms with Crippen molar-refractivity contribution in [1.29, 1.82) is 0 Å². The third-order valence-corrected chi connectivity index (χ3v) is 5.97. The van der Waals surface area contributed by atoms with E-state index in [0.717, 1.165) is 43.1 Å². The van der Waals surface area contributed by atoms with Crippen LogP contribution < -0.4 is 16.4 Å². The largest absolute Gasteiger partial charge is 0.381 e. The first kappa shape index (κ1) is 17.6. The first-order valence-corrected chi connectivity index (χ1v) is 9.36. The Morgan fingerprint density at radius 2 is 2.04 bits per heavy atom. The predicted octanol–water partition coefficient (Wildman–Crippen LogP) is 3.83. The molecule has 1 aliphatic rings. The summed E-state index contributed by atoms with van der Waals surface area (Å²) in [6.07, 6.45) is 4.81. The number of nitrogens with two attached hydrogens (primary N) is 2. The molecular formula is C16H19Cl2N5S. The lowest BCUT2D eigenvalue weighted by Crippen LogP contribution is -2.27. The van der Waals surface area contributed by atoms with Crippen LogP contribution >= 0.6 is 35.0 Å². The average Bonchev–Trinajstić information content (AvgIpc) is 2.78. The van der Waals surface area contributed by atoms with Crippen LogP contribution in [0.15, 0.2) is 34.3 Å². The number of anilines is 2. The van der Waals surface area contributed by atoms with Crippen molar-refractivity contribution in [3.8, 4) is 0 Å². The lowest BCUT2D eigenvalue weighted by molar-refractivity contribution is 0.601. The average molecular weight is 384 g/mol. The maximum Gasteiger partial charge on any atom is 0.158 e. The third kappa shape index (κ3) is 4.06. The van der Waals surface area contributed by atoms with Crippen LogP contribution in [-0.2, 0) is 0 Å². The highest BCUT2D eigenvalue weighted by Gasteiger charge is 2.17. The number of nitrogens with zero attached hydrogens (tertiary/aromatic N) is 3. The molecule has 1 atom stereocenters. The zero-order valence-electron chi connectivity index (χ0n) is 13.1. The first-order chi connectivity index (χ1) is 11.5. The van der Waals surface area contributed by atoms with Crippen molar-refractivity contribution in [2.45, 2.75) is 35.2 Å². The number of hydrogen-bond donors (Lipinski definition) is 2. The van der Waals surface area contributed by atoms with E-state index < -0.39 is 0 Å². The van der Waals surface area contributed by atoms with Crippen molar-refractivity contribution in [2.24, 2.45) is 5.73 Å². The van der Waals surface area contributed by atoms with Crippen molar-refractivity contribution in [3.63, 3.8) is 0 Å². The zero-order chi connectivity index (χ0) is 17.1. The smallest absolute Gasteiger partial charge is 0.158 e. The second-order valence-electron chi connectivity index (χ2n) is 5.75. The van der Waals surface area contributed by atoms with Gasteiger partial charge >= 0.3 is 0 Å². The molecular weight excluding hydrogens is 365 g/mol. The van der Waals surface area contributed by atoms with Crippen LogP contribution in [0.2, 0.25) is 10.0 Å². The number of hydrogen-bond acceptors (Lipinski definition) is 6. The van der Waals surface area contributed by atoms with Gasteiger partial charge in [-0.15, -0.1) is 0 Å². The molecule has 0 amide bonds. The van der Waals surface area contributed by atoms with E-state index in [9.17, 15) is 0 Å². The Morgan fingerprint density at radius 3 is 2.83 bits per heavy atom. The van der Waals surface area contributed by atoms with Crippen molar-refractivity contribution in [1.82, 2.24) is 9.97 Å². The first-order valence-electron chi connectivity index (χ1n) is 7.79. The number of aromatic nitrogens is 2. The fourth-order valence-corrected chi connectivity index (χ4v) is 3.91. The molecule has 1 aromatic carbocycles. The van der Waals surface area contributed by atoms with Gasteiger partial charge in [0.05, 0.1) is 16.2 Å². The van der Waals surface area contributed by atoms with Gasteiger partial charge < -0.3 is 16.4 Å².